The van der Waals surface area contributed by atoms with Gasteiger partial charge in [-0.3, -0.25) is 9.69 Å². The SMILES string of the molecule is CC#CCN1C(=O)c2ccccc2Sc2cc(Nc3nccc(C#N)c3F)ccc21. The zero-order valence-corrected chi connectivity index (χ0v) is 16.8. The minimum Gasteiger partial charge on any atom is -0.338 e. The first-order valence-corrected chi connectivity index (χ1v) is 9.88. The summed E-state index contributed by atoms with van der Waals surface area (Å²) in [5.74, 6) is 4.94. The Kier molecular flexibility index (Phi) is 5.38. The monoisotopic (exact) mass is 414 g/mol. The molecule has 4 rings (SSSR count). The van der Waals surface area contributed by atoms with E-state index in [1.54, 1.807) is 36.1 Å². The molecule has 0 unspecified atom stereocenters. The number of fused-ring (bicyclic) bond motifs is 2. The predicted molar refractivity (Wildman–Crippen MR) is 114 cm³/mol. The molecule has 5 nitrogen and oxygen atoms in total. The summed E-state index contributed by atoms with van der Waals surface area (Å²) >= 11 is 1.46. The first-order valence-electron chi connectivity index (χ1n) is 9.06. The zero-order valence-electron chi connectivity index (χ0n) is 15.9. The van der Waals surface area contributed by atoms with Crippen molar-refractivity contribution in [2.24, 2.45) is 0 Å². The average Bonchev–Trinajstić information content (AvgIpc) is 2.87. The number of carbonyl (C=O) groups excluding carboxylic acids is 1. The van der Waals surface area contributed by atoms with Crippen molar-refractivity contribution in [1.29, 1.82) is 5.26 Å². The van der Waals surface area contributed by atoms with Gasteiger partial charge < -0.3 is 5.32 Å². The molecule has 0 fully saturated rings. The maximum atomic E-state index is 14.4. The van der Waals surface area contributed by atoms with Crippen molar-refractivity contribution >= 4 is 34.9 Å². The molecule has 0 bridgehead atoms. The van der Waals surface area contributed by atoms with Crippen LogP contribution in [0.2, 0.25) is 0 Å². The Balaban J connectivity index is 1.77. The first kappa shape index (κ1) is 19.5. The van der Waals surface area contributed by atoms with Gasteiger partial charge in [-0.05, 0) is 43.3 Å². The van der Waals surface area contributed by atoms with Crippen molar-refractivity contribution in [2.75, 3.05) is 16.8 Å². The second kappa shape index (κ2) is 8.28. The van der Waals surface area contributed by atoms with Crippen LogP contribution in [0.15, 0.2) is 64.5 Å². The van der Waals surface area contributed by atoms with E-state index in [9.17, 15) is 9.18 Å². The number of nitrogens with one attached hydrogen (secondary N) is 1. The van der Waals surface area contributed by atoms with Crippen LogP contribution in [0, 0.1) is 29.0 Å². The molecule has 0 saturated heterocycles. The molecule has 1 amide bonds. The normalized spacial score (nSPS) is 12.0. The Labute approximate surface area is 177 Å². The molecule has 0 spiro atoms. The van der Waals surface area contributed by atoms with Crippen LogP contribution in [-0.2, 0) is 0 Å². The predicted octanol–water partition coefficient (Wildman–Crippen LogP) is 4.97. The summed E-state index contributed by atoms with van der Waals surface area (Å²) in [5.41, 5.74) is 1.85. The lowest BCUT2D eigenvalue weighted by Crippen LogP contribution is -2.31. The third kappa shape index (κ3) is 3.59. The Morgan fingerprint density at radius 2 is 2.03 bits per heavy atom. The quantitative estimate of drug-likeness (QED) is 0.613. The highest BCUT2D eigenvalue weighted by Crippen LogP contribution is 2.42. The molecule has 2 heterocycles. The molecule has 30 heavy (non-hydrogen) atoms. The van der Waals surface area contributed by atoms with E-state index in [1.807, 2.05) is 24.3 Å². The first-order chi connectivity index (χ1) is 14.6. The van der Waals surface area contributed by atoms with Gasteiger partial charge in [0.05, 0.1) is 23.4 Å². The van der Waals surface area contributed by atoms with Crippen LogP contribution < -0.4 is 10.2 Å². The van der Waals surface area contributed by atoms with Gasteiger partial charge in [0.1, 0.15) is 6.07 Å². The molecule has 1 aromatic heterocycles. The number of nitriles is 1. The van der Waals surface area contributed by atoms with E-state index in [1.165, 1.54) is 24.0 Å². The number of benzene rings is 2. The summed E-state index contributed by atoms with van der Waals surface area (Å²) in [4.78, 5) is 20.4. The van der Waals surface area contributed by atoms with Gasteiger partial charge in [-0.1, -0.05) is 29.8 Å². The molecule has 0 radical (unpaired) electrons. The largest absolute Gasteiger partial charge is 0.338 e. The molecule has 3 aromatic rings. The Morgan fingerprint density at radius 1 is 1.20 bits per heavy atom. The molecule has 0 saturated carbocycles. The van der Waals surface area contributed by atoms with Gasteiger partial charge in [0.25, 0.3) is 5.91 Å². The number of rotatable bonds is 3. The summed E-state index contributed by atoms with van der Waals surface area (Å²) in [7, 11) is 0. The average molecular weight is 414 g/mol. The van der Waals surface area contributed by atoms with Crippen molar-refractivity contribution in [3.05, 3.63) is 71.7 Å². The number of hydrogen-bond donors (Lipinski definition) is 1. The second-order valence-electron chi connectivity index (χ2n) is 6.36. The van der Waals surface area contributed by atoms with E-state index in [0.717, 1.165) is 15.5 Å². The van der Waals surface area contributed by atoms with Gasteiger partial charge in [0.2, 0.25) is 0 Å². The van der Waals surface area contributed by atoms with Gasteiger partial charge in [0, 0.05) is 21.7 Å². The number of pyridine rings is 1. The maximum absolute atomic E-state index is 14.4. The maximum Gasteiger partial charge on any atom is 0.260 e. The third-order valence-corrected chi connectivity index (χ3v) is 5.64. The Morgan fingerprint density at radius 3 is 2.83 bits per heavy atom. The van der Waals surface area contributed by atoms with E-state index < -0.39 is 5.82 Å². The number of nitrogens with zero attached hydrogens (tertiary/aromatic N) is 3. The van der Waals surface area contributed by atoms with Crippen molar-refractivity contribution in [3.63, 3.8) is 0 Å². The van der Waals surface area contributed by atoms with Gasteiger partial charge >= 0.3 is 0 Å². The van der Waals surface area contributed by atoms with E-state index in [0.29, 0.717) is 11.3 Å². The van der Waals surface area contributed by atoms with Crippen LogP contribution in [-0.4, -0.2) is 17.4 Å². The second-order valence-corrected chi connectivity index (χ2v) is 7.44. The number of aromatic nitrogens is 1. The number of carbonyl (C=O) groups is 1. The molecular formula is C23H15FN4OS. The molecule has 7 heteroatoms. The molecule has 146 valence electrons. The molecule has 0 atom stereocenters. The van der Waals surface area contributed by atoms with E-state index in [-0.39, 0.29) is 23.8 Å². The topological polar surface area (TPSA) is 69.0 Å². The van der Waals surface area contributed by atoms with E-state index in [2.05, 4.69) is 22.1 Å². The van der Waals surface area contributed by atoms with Gasteiger partial charge in [0.15, 0.2) is 11.6 Å². The molecular weight excluding hydrogens is 399 g/mol. The minimum atomic E-state index is -0.706. The summed E-state index contributed by atoms with van der Waals surface area (Å²) in [6, 6.07) is 15.9. The Hall–Kier alpha value is -3.81. The van der Waals surface area contributed by atoms with E-state index >= 15 is 0 Å². The van der Waals surface area contributed by atoms with Crippen LogP contribution in [0.5, 0.6) is 0 Å². The molecule has 1 aliphatic heterocycles. The molecule has 1 aliphatic rings. The Bertz CT molecular complexity index is 1260. The number of halogens is 1. The standard InChI is InChI=1S/C23H15FN4OS/c1-2-3-12-28-18-9-8-16(27-22-21(24)15(14-25)10-11-26-22)13-20(18)30-19-7-5-4-6-17(19)23(28)29/h4-11,13H,12H2,1H3,(H,26,27). The zero-order chi connectivity index (χ0) is 21.1. The van der Waals surface area contributed by atoms with Gasteiger partial charge in [-0.25, -0.2) is 9.37 Å². The van der Waals surface area contributed by atoms with Gasteiger partial charge in [-0.15, -0.1) is 5.92 Å². The smallest absolute Gasteiger partial charge is 0.260 e. The fraction of sp³-hybridized carbons (Fsp3) is 0.0870. The van der Waals surface area contributed by atoms with Crippen LogP contribution in [0.3, 0.4) is 0 Å². The summed E-state index contributed by atoms with van der Waals surface area (Å²) < 4.78 is 14.4. The van der Waals surface area contributed by atoms with Gasteiger partial charge in [-0.2, -0.15) is 5.26 Å². The highest BCUT2D eigenvalue weighted by Gasteiger charge is 2.27. The van der Waals surface area contributed by atoms with Crippen molar-refractivity contribution in [1.82, 2.24) is 4.98 Å². The number of anilines is 3. The van der Waals surface area contributed by atoms with Crippen LogP contribution in [0.4, 0.5) is 21.6 Å². The number of amides is 1. The van der Waals surface area contributed by atoms with Crippen LogP contribution >= 0.6 is 11.8 Å². The minimum absolute atomic E-state index is 0.0298. The fourth-order valence-corrected chi connectivity index (χ4v) is 4.19. The van der Waals surface area contributed by atoms with Crippen molar-refractivity contribution in [2.45, 2.75) is 16.7 Å². The lowest BCUT2D eigenvalue weighted by molar-refractivity contribution is 0.0987. The highest BCUT2D eigenvalue weighted by atomic mass is 32.2. The van der Waals surface area contributed by atoms with Crippen LogP contribution in [0.1, 0.15) is 22.8 Å². The summed E-state index contributed by atoms with van der Waals surface area (Å²) in [6.07, 6.45) is 1.38. The molecule has 2 aromatic carbocycles. The molecule has 1 N–H and O–H groups in total. The van der Waals surface area contributed by atoms with E-state index in [4.69, 9.17) is 5.26 Å². The lowest BCUT2D eigenvalue weighted by Gasteiger charge is -2.21. The number of hydrogen-bond acceptors (Lipinski definition) is 5. The van der Waals surface area contributed by atoms with Crippen LogP contribution in [0.25, 0.3) is 0 Å². The summed E-state index contributed by atoms with van der Waals surface area (Å²) in [6.45, 7) is 2.00. The van der Waals surface area contributed by atoms with Crippen molar-refractivity contribution < 1.29 is 9.18 Å². The fourth-order valence-electron chi connectivity index (χ4n) is 3.07. The third-order valence-electron chi connectivity index (χ3n) is 4.52. The molecule has 0 aliphatic carbocycles. The lowest BCUT2D eigenvalue weighted by atomic mass is 10.1. The summed E-state index contributed by atoms with van der Waals surface area (Å²) in [5, 5.41) is 11.9. The highest BCUT2D eigenvalue weighted by molar-refractivity contribution is 7.99. The van der Waals surface area contributed by atoms with Crippen molar-refractivity contribution in [3.8, 4) is 17.9 Å².